The standard InChI is InChI=1S/C20H20N10O2/c1-11-23-17(27-19(21)24-11)16-18(25-14-2-6-22-28-14)26-15-10-13(5-9-30(15)16)12-3-7-29(8-4-12)20(31)32/h2-3,5-6,9-10H,4,7-8H2,1H3,(H,31,32)(H2,22,25,28)(H2,21,23,24,27). The fourth-order valence-corrected chi connectivity index (χ4v) is 3.71. The number of nitrogens with two attached hydrogens (primary N) is 1. The van der Waals surface area contributed by atoms with E-state index in [1.165, 1.54) is 4.90 Å². The van der Waals surface area contributed by atoms with Crippen LogP contribution in [-0.4, -0.2) is 63.7 Å². The number of nitrogens with one attached hydrogen (secondary N) is 2. The van der Waals surface area contributed by atoms with Crippen LogP contribution in [0.3, 0.4) is 0 Å². The summed E-state index contributed by atoms with van der Waals surface area (Å²) in [6.07, 6.45) is 5.26. The van der Waals surface area contributed by atoms with Crippen LogP contribution in [0.4, 0.5) is 22.4 Å². The highest BCUT2D eigenvalue weighted by Gasteiger charge is 2.21. The Morgan fingerprint density at radius 2 is 2.12 bits per heavy atom. The summed E-state index contributed by atoms with van der Waals surface area (Å²) in [4.78, 5) is 30.1. The molecule has 0 atom stereocenters. The molecule has 1 aliphatic heterocycles. The molecule has 1 aliphatic rings. The number of nitrogens with zero attached hydrogens (tertiary/aromatic N) is 7. The summed E-state index contributed by atoms with van der Waals surface area (Å²) in [5.41, 5.74) is 9.23. The third-order valence-electron chi connectivity index (χ3n) is 5.20. The first-order valence-electron chi connectivity index (χ1n) is 9.92. The lowest BCUT2D eigenvalue weighted by Gasteiger charge is -2.23. The maximum Gasteiger partial charge on any atom is 0.407 e. The van der Waals surface area contributed by atoms with Gasteiger partial charge in [-0.25, -0.2) is 14.8 Å². The quantitative estimate of drug-likeness (QED) is 0.379. The van der Waals surface area contributed by atoms with Gasteiger partial charge in [-0.05, 0) is 36.6 Å². The topological polar surface area (TPSA) is 163 Å². The molecule has 4 aromatic heterocycles. The lowest BCUT2D eigenvalue weighted by Crippen LogP contribution is -2.33. The van der Waals surface area contributed by atoms with Crippen LogP contribution < -0.4 is 11.1 Å². The van der Waals surface area contributed by atoms with E-state index in [0.29, 0.717) is 54.1 Å². The van der Waals surface area contributed by atoms with Crippen molar-refractivity contribution in [1.29, 1.82) is 0 Å². The number of pyridine rings is 1. The van der Waals surface area contributed by atoms with E-state index in [1.54, 1.807) is 19.2 Å². The number of aromatic nitrogens is 7. The average Bonchev–Trinajstić information content (AvgIpc) is 3.40. The molecule has 162 valence electrons. The molecule has 4 aromatic rings. The molecule has 5 rings (SSSR count). The van der Waals surface area contributed by atoms with E-state index in [-0.39, 0.29) is 5.95 Å². The molecule has 5 N–H and O–H groups in total. The molecule has 0 aromatic carbocycles. The van der Waals surface area contributed by atoms with Crippen LogP contribution in [0.25, 0.3) is 22.7 Å². The van der Waals surface area contributed by atoms with Gasteiger partial charge in [0.2, 0.25) is 5.95 Å². The summed E-state index contributed by atoms with van der Waals surface area (Å²) in [6.45, 7) is 2.58. The number of H-pyrrole nitrogens is 1. The number of hydrogen-bond donors (Lipinski definition) is 4. The van der Waals surface area contributed by atoms with E-state index in [4.69, 9.17) is 15.8 Å². The first kappa shape index (κ1) is 19.5. The maximum absolute atomic E-state index is 11.2. The monoisotopic (exact) mass is 432 g/mol. The largest absolute Gasteiger partial charge is 0.465 e. The SMILES string of the molecule is Cc1nc(N)nc(-c2c(Nc3cc[nH]n3)nc3cc(C4=CCN(C(=O)O)CC4)ccn23)n1. The molecule has 0 radical (unpaired) electrons. The molecule has 32 heavy (non-hydrogen) atoms. The number of carbonyl (C=O) groups is 1. The summed E-state index contributed by atoms with van der Waals surface area (Å²) in [7, 11) is 0. The van der Waals surface area contributed by atoms with Crippen molar-refractivity contribution in [2.75, 3.05) is 24.1 Å². The van der Waals surface area contributed by atoms with Crippen molar-refractivity contribution in [2.24, 2.45) is 0 Å². The van der Waals surface area contributed by atoms with Crippen LogP contribution >= 0.6 is 0 Å². The van der Waals surface area contributed by atoms with Crippen molar-refractivity contribution in [2.45, 2.75) is 13.3 Å². The lowest BCUT2D eigenvalue weighted by molar-refractivity contribution is 0.150. The third kappa shape index (κ3) is 3.57. The van der Waals surface area contributed by atoms with Crippen LogP contribution in [-0.2, 0) is 0 Å². The van der Waals surface area contributed by atoms with E-state index in [9.17, 15) is 4.79 Å². The Morgan fingerprint density at radius 3 is 2.81 bits per heavy atom. The Hall–Kier alpha value is -4.48. The van der Waals surface area contributed by atoms with Crippen molar-refractivity contribution in [3.05, 3.63) is 48.1 Å². The number of nitrogen functional groups attached to an aromatic ring is 1. The molecular weight excluding hydrogens is 412 g/mol. The molecule has 0 unspecified atom stereocenters. The van der Waals surface area contributed by atoms with E-state index >= 15 is 0 Å². The third-order valence-corrected chi connectivity index (χ3v) is 5.20. The highest BCUT2D eigenvalue weighted by molar-refractivity contribution is 5.78. The van der Waals surface area contributed by atoms with Gasteiger partial charge in [0.1, 0.15) is 17.2 Å². The number of fused-ring (bicyclic) bond motifs is 1. The van der Waals surface area contributed by atoms with Gasteiger partial charge in [-0.15, -0.1) is 0 Å². The van der Waals surface area contributed by atoms with Gasteiger partial charge in [0, 0.05) is 31.5 Å². The predicted octanol–water partition coefficient (Wildman–Crippen LogP) is 2.31. The second-order valence-electron chi connectivity index (χ2n) is 7.31. The normalized spacial score (nSPS) is 13.9. The van der Waals surface area contributed by atoms with Crippen molar-refractivity contribution in [1.82, 2.24) is 39.4 Å². The van der Waals surface area contributed by atoms with Gasteiger partial charge in [0.15, 0.2) is 17.5 Å². The van der Waals surface area contributed by atoms with Gasteiger partial charge < -0.3 is 21.1 Å². The Labute approximate surface area is 181 Å². The molecule has 12 heteroatoms. The molecule has 0 saturated carbocycles. The van der Waals surface area contributed by atoms with Crippen LogP contribution in [0.15, 0.2) is 36.7 Å². The van der Waals surface area contributed by atoms with Crippen LogP contribution in [0.5, 0.6) is 0 Å². The molecule has 0 fully saturated rings. The van der Waals surface area contributed by atoms with E-state index < -0.39 is 6.09 Å². The van der Waals surface area contributed by atoms with Gasteiger partial charge in [-0.2, -0.15) is 15.1 Å². The highest BCUT2D eigenvalue weighted by Crippen LogP contribution is 2.31. The number of anilines is 3. The summed E-state index contributed by atoms with van der Waals surface area (Å²) in [5.74, 6) is 2.13. The first-order valence-corrected chi connectivity index (χ1v) is 9.92. The Morgan fingerprint density at radius 1 is 1.25 bits per heavy atom. The van der Waals surface area contributed by atoms with Gasteiger partial charge in [-0.3, -0.25) is 9.50 Å². The Balaban J connectivity index is 1.60. The average molecular weight is 432 g/mol. The highest BCUT2D eigenvalue weighted by atomic mass is 16.4. The summed E-state index contributed by atoms with van der Waals surface area (Å²) >= 11 is 0. The second kappa shape index (κ2) is 7.65. The van der Waals surface area contributed by atoms with Gasteiger partial charge >= 0.3 is 6.09 Å². The number of aryl methyl sites for hydroxylation is 1. The molecule has 1 amide bonds. The molecule has 5 heterocycles. The van der Waals surface area contributed by atoms with Crippen LogP contribution in [0, 0.1) is 6.92 Å². The second-order valence-corrected chi connectivity index (χ2v) is 7.31. The van der Waals surface area contributed by atoms with Crippen LogP contribution in [0.2, 0.25) is 0 Å². The molecule has 0 aliphatic carbocycles. The number of carboxylic acid groups (broad SMARTS) is 1. The van der Waals surface area contributed by atoms with Gasteiger partial charge in [-0.1, -0.05) is 6.08 Å². The van der Waals surface area contributed by atoms with Gasteiger partial charge in [0.25, 0.3) is 0 Å². The number of imidazole rings is 1. The molecular formula is C20H20N10O2. The van der Waals surface area contributed by atoms with E-state index in [0.717, 1.165) is 11.1 Å². The Bertz CT molecular complexity index is 1320. The van der Waals surface area contributed by atoms with Crippen molar-refractivity contribution in [3.63, 3.8) is 0 Å². The summed E-state index contributed by atoms with van der Waals surface area (Å²) in [5, 5.41) is 19.3. The Kier molecular flexibility index (Phi) is 4.66. The van der Waals surface area contributed by atoms with Crippen LogP contribution in [0.1, 0.15) is 17.8 Å². The fourth-order valence-electron chi connectivity index (χ4n) is 3.71. The minimum absolute atomic E-state index is 0.125. The molecule has 0 spiro atoms. The summed E-state index contributed by atoms with van der Waals surface area (Å²) < 4.78 is 1.87. The molecule has 0 bridgehead atoms. The lowest BCUT2D eigenvalue weighted by atomic mass is 10.0. The smallest absolute Gasteiger partial charge is 0.407 e. The zero-order chi connectivity index (χ0) is 22.2. The fraction of sp³-hybridized carbons (Fsp3) is 0.200. The minimum atomic E-state index is -0.908. The number of hydrogen-bond acceptors (Lipinski definition) is 8. The maximum atomic E-state index is 11.2. The predicted molar refractivity (Wildman–Crippen MR) is 117 cm³/mol. The van der Waals surface area contributed by atoms with Crippen molar-refractivity contribution < 1.29 is 9.90 Å². The number of aromatic amines is 1. The van der Waals surface area contributed by atoms with E-state index in [2.05, 4.69) is 30.5 Å². The zero-order valence-corrected chi connectivity index (χ0v) is 17.1. The number of amides is 1. The number of rotatable bonds is 4. The van der Waals surface area contributed by atoms with E-state index in [1.807, 2.05) is 28.8 Å². The first-order chi connectivity index (χ1) is 15.5. The zero-order valence-electron chi connectivity index (χ0n) is 17.1. The molecule has 12 nitrogen and oxygen atoms in total. The van der Waals surface area contributed by atoms with Crippen molar-refractivity contribution in [3.8, 4) is 11.5 Å². The molecule has 0 saturated heterocycles. The minimum Gasteiger partial charge on any atom is -0.465 e. The van der Waals surface area contributed by atoms with Crippen molar-refractivity contribution >= 4 is 34.9 Å². The summed E-state index contributed by atoms with van der Waals surface area (Å²) in [6, 6.07) is 5.71. The van der Waals surface area contributed by atoms with Gasteiger partial charge in [0.05, 0.1) is 0 Å².